The van der Waals surface area contributed by atoms with E-state index in [0.717, 1.165) is 35.4 Å². The average Bonchev–Trinajstić information content (AvgIpc) is 3.41. The van der Waals surface area contributed by atoms with Crippen LogP contribution in [0.4, 0.5) is 4.39 Å². The van der Waals surface area contributed by atoms with Gasteiger partial charge in [0.15, 0.2) is 11.0 Å². The van der Waals surface area contributed by atoms with Crippen molar-refractivity contribution in [2.24, 2.45) is 7.05 Å². The number of hydrogen-bond acceptors (Lipinski definition) is 4. The van der Waals surface area contributed by atoms with Gasteiger partial charge in [-0.1, -0.05) is 47.7 Å². The van der Waals surface area contributed by atoms with Crippen LogP contribution in [-0.4, -0.2) is 26.7 Å². The van der Waals surface area contributed by atoms with Gasteiger partial charge in [0.1, 0.15) is 11.1 Å². The quantitative estimate of drug-likeness (QED) is 0.639. The number of halogens is 1. The van der Waals surface area contributed by atoms with E-state index in [1.165, 1.54) is 23.9 Å². The average molecular weight is 396 g/mol. The Morgan fingerprint density at radius 2 is 1.96 bits per heavy atom. The Morgan fingerprint density at radius 1 is 1.21 bits per heavy atom. The van der Waals surface area contributed by atoms with Crippen LogP contribution >= 0.6 is 11.8 Å². The van der Waals surface area contributed by atoms with E-state index in [0.29, 0.717) is 5.16 Å². The summed E-state index contributed by atoms with van der Waals surface area (Å²) in [6.45, 7) is 2.03. The van der Waals surface area contributed by atoms with E-state index in [1.807, 2.05) is 36.7 Å². The van der Waals surface area contributed by atoms with Gasteiger partial charge in [-0.05, 0) is 43.5 Å². The molecule has 1 atom stereocenters. The van der Waals surface area contributed by atoms with E-state index in [9.17, 15) is 9.18 Å². The van der Waals surface area contributed by atoms with Gasteiger partial charge in [0.05, 0.1) is 0 Å². The number of aromatic nitrogens is 3. The molecule has 1 fully saturated rings. The molecule has 0 aliphatic heterocycles. The van der Waals surface area contributed by atoms with Crippen LogP contribution in [0.3, 0.4) is 0 Å². The fourth-order valence-electron chi connectivity index (χ4n) is 2.97. The third kappa shape index (κ3) is 4.09. The van der Waals surface area contributed by atoms with Crippen molar-refractivity contribution in [3.63, 3.8) is 0 Å². The summed E-state index contributed by atoms with van der Waals surface area (Å²) >= 11 is 1.33. The zero-order valence-electron chi connectivity index (χ0n) is 15.7. The van der Waals surface area contributed by atoms with E-state index in [4.69, 9.17) is 0 Å². The first-order valence-corrected chi connectivity index (χ1v) is 10.1. The lowest BCUT2D eigenvalue weighted by molar-refractivity contribution is -0.120. The lowest BCUT2D eigenvalue weighted by atomic mass is 10.1. The van der Waals surface area contributed by atoms with Crippen LogP contribution in [0, 0.1) is 12.7 Å². The molecule has 1 heterocycles. The number of carbonyl (C=O) groups is 1. The van der Waals surface area contributed by atoms with Crippen LogP contribution < -0.4 is 5.32 Å². The SMILES string of the molecule is Cc1cccc(-c2nnc(S[C@H](C(=O)NC3CC3)c3ccc(F)cc3)n2C)c1. The Kier molecular flexibility index (Phi) is 5.17. The smallest absolute Gasteiger partial charge is 0.238 e. The first-order chi connectivity index (χ1) is 13.5. The molecule has 0 radical (unpaired) electrons. The highest BCUT2D eigenvalue weighted by molar-refractivity contribution is 8.00. The van der Waals surface area contributed by atoms with Crippen LogP contribution in [-0.2, 0) is 11.8 Å². The van der Waals surface area contributed by atoms with Crippen LogP contribution in [0.15, 0.2) is 53.7 Å². The molecular weight excluding hydrogens is 375 g/mol. The molecule has 1 saturated carbocycles. The molecule has 1 aliphatic carbocycles. The summed E-state index contributed by atoms with van der Waals surface area (Å²) in [4.78, 5) is 12.8. The second-order valence-corrected chi connectivity index (χ2v) is 8.14. The van der Waals surface area contributed by atoms with Crippen molar-refractivity contribution in [3.8, 4) is 11.4 Å². The standard InChI is InChI=1S/C21H21FN4OS/c1-13-4-3-5-15(12-13)19-24-25-21(26(19)2)28-18(20(27)23-17-10-11-17)14-6-8-16(22)9-7-14/h3-9,12,17-18H,10-11H2,1-2H3,(H,23,27)/t18-/m0/s1. The molecule has 7 heteroatoms. The zero-order chi connectivity index (χ0) is 19.7. The maximum atomic E-state index is 13.4. The van der Waals surface area contributed by atoms with Crippen LogP contribution in [0.25, 0.3) is 11.4 Å². The van der Waals surface area contributed by atoms with E-state index < -0.39 is 5.25 Å². The molecule has 4 rings (SSSR count). The Balaban J connectivity index is 1.63. The number of amides is 1. The van der Waals surface area contributed by atoms with Crippen molar-refractivity contribution in [2.45, 2.75) is 36.2 Å². The van der Waals surface area contributed by atoms with Crippen molar-refractivity contribution in [1.82, 2.24) is 20.1 Å². The first kappa shape index (κ1) is 18.7. The van der Waals surface area contributed by atoms with E-state index in [1.54, 1.807) is 12.1 Å². The third-order valence-corrected chi connectivity index (χ3v) is 5.96. The number of rotatable bonds is 6. The number of hydrogen-bond donors (Lipinski definition) is 1. The Hall–Kier alpha value is -2.67. The Morgan fingerprint density at radius 3 is 2.64 bits per heavy atom. The lowest BCUT2D eigenvalue weighted by Crippen LogP contribution is -2.30. The van der Waals surface area contributed by atoms with Gasteiger partial charge >= 0.3 is 0 Å². The van der Waals surface area contributed by atoms with Crippen LogP contribution in [0.2, 0.25) is 0 Å². The maximum Gasteiger partial charge on any atom is 0.238 e. The van der Waals surface area contributed by atoms with Crippen LogP contribution in [0.1, 0.15) is 29.2 Å². The molecule has 1 aromatic heterocycles. The number of nitrogens with zero attached hydrogens (tertiary/aromatic N) is 3. The fraction of sp³-hybridized carbons (Fsp3) is 0.286. The summed E-state index contributed by atoms with van der Waals surface area (Å²) in [6.07, 6.45) is 2.02. The van der Waals surface area contributed by atoms with Crippen molar-refractivity contribution < 1.29 is 9.18 Å². The lowest BCUT2D eigenvalue weighted by Gasteiger charge is -2.16. The number of carbonyl (C=O) groups excluding carboxylic acids is 1. The molecule has 0 bridgehead atoms. The maximum absolute atomic E-state index is 13.4. The highest BCUT2D eigenvalue weighted by Gasteiger charge is 2.30. The second-order valence-electron chi connectivity index (χ2n) is 7.07. The molecule has 144 valence electrons. The van der Waals surface area contributed by atoms with E-state index in [-0.39, 0.29) is 17.8 Å². The molecule has 0 spiro atoms. The largest absolute Gasteiger partial charge is 0.352 e. The van der Waals surface area contributed by atoms with Crippen LogP contribution in [0.5, 0.6) is 0 Å². The van der Waals surface area contributed by atoms with Gasteiger partial charge in [0.2, 0.25) is 5.91 Å². The molecule has 3 aromatic rings. The highest BCUT2D eigenvalue weighted by atomic mass is 32.2. The van der Waals surface area contributed by atoms with E-state index in [2.05, 4.69) is 21.6 Å². The number of nitrogens with one attached hydrogen (secondary N) is 1. The predicted molar refractivity (Wildman–Crippen MR) is 107 cm³/mol. The molecular formula is C21H21FN4OS. The molecule has 1 amide bonds. The summed E-state index contributed by atoms with van der Waals surface area (Å²) < 4.78 is 15.2. The molecule has 1 aliphatic rings. The van der Waals surface area contributed by atoms with Crippen molar-refractivity contribution in [3.05, 3.63) is 65.5 Å². The molecule has 1 N–H and O–H groups in total. The van der Waals surface area contributed by atoms with Gasteiger partial charge in [-0.25, -0.2) is 4.39 Å². The van der Waals surface area contributed by atoms with E-state index >= 15 is 0 Å². The summed E-state index contributed by atoms with van der Waals surface area (Å²) in [5.41, 5.74) is 2.86. The molecule has 0 unspecified atom stereocenters. The van der Waals surface area contributed by atoms with Gasteiger partial charge < -0.3 is 9.88 Å². The molecule has 5 nitrogen and oxygen atoms in total. The Labute approximate surface area is 167 Å². The molecule has 28 heavy (non-hydrogen) atoms. The first-order valence-electron chi connectivity index (χ1n) is 9.20. The number of thioether (sulfide) groups is 1. The van der Waals surface area contributed by atoms with Crippen molar-refractivity contribution in [1.29, 1.82) is 0 Å². The van der Waals surface area contributed by atoms with Gasteiger partial charge in [-0.3, -0.25) is 4.79 Å². The third-order valence-electron chi connectivity index (χ3n) is 4.67. The molecule has 0 saturated heterocycles. The van der Waals surface area contributed by atoms with Crippen molar-refractivity contribution in [2.75, 3.05) is 0 Å². The van der Waals surface area contributed by atoms with Gasteiger partial charge in [0, 0.05) is 18.7 Å². The highest BCUT2D eigenvalue weighted by Crippen LogP contribution is 2.36. The summed E-state index contributed by atoms with van der Waals surface area (Å²) in [6, 6.07) is 14.4. The van der Waals surface area contributed by atoms with Gasteiger partial charge in [-0.15, -0.1) is 10.2 Å². The monoisotopic (exact) mass is 396 g/mol. The molecule has 2 aromatic carbocycles. The minimum atomic E-state index is -0.519. The Bertz CT molecular complexity index is 998. The summed E-state index contributed by atoms with van der Waals surface area (Å²) in [5.74, 6) is 0.335. The summed E-state index contributed by atoms with van der Waals surface area (Å²) in [7, 11) is 1.89. The van der Waals surface area contributed by atoms with Gasteiger partial charge in [-0.2, -0.15) is 0 Å². The van der Waals surface area contributed by atoms with Gasteiger partial charge in [0.25, 0.3) is 0 Å². The summed E-state index contributed by atoms with van der Waals surface area (Å²) in [5, 5.41) is 11.8. The minimum absolute atomic E-state index is 0.0841. The topological polar surface area (TPSA) is 59.8 Å². The number of aryl methyl sites for hydroxylation is 1. The van der Waals surface area contributed by atoms with Crippen molar-refractivity contribution >= 4 is 17.7 Å². The zero-order valence-corrected chi connectivity index (χ0v) is 16.5. The number of benzene rings is 2. The fourth-order valence-corrected chi connectivity index (χ4v) is 3.99. The minimum Gasteiger partial charge on any atom is -0.352 e. The predicted octanol–water partition coefficient (Wildman–Crippen LogP) is 4.04. The normalized spacial score (nSPS) is 14.7. The second kappa shape index (κ2) is 7.75.